The molecular formula is C21H18ClN5O2S. The average molecular weight is 440 g/mol. The number of aromatic nitrogens is 4. The van der Waals surface area contributed by atoms with Crippen LogP contribution in [0.2, 0.25) is 5.02 Å². The number of H-pyrrole nitrogens is 1. The summed E-state index contributed by atoms with van der Waals surface area (Å²) in [6, 6.07) is 15.0. The van der Waals surface area contributed by atoms with Gasteiger partial charge in [0.25, 0.3) is 0 Å². The van der Waals surface area contributed by atoms with Crippen molar-refractivity contribution in [2.45, 2.75) is 13.0 Å². The fourth-order valence-corrected chi connectivity index (χ4v) is 3.94. The number of nitrogens with one attached hydrogen (secondary N) is 2. The first kappa shape index (κ1) is 20.1. The van der Waals surface area contributed by atoms with Crippen molar-refractivity contribution >= 4 is 28.8 Å². The van der Waals surface area contributed by atoms with E-state index in [0.29, 0.717) is 22.4 Å². The number of halogens is 1. The van der Waals surface area contributed by atoms with Crippen LogP contribution in [0.15, 0.2) is 53.9 Å². The standard InChI is InChI=1S/C21H18ClN5O2S/c1-29-15-8-6-13(7-9-15)20-25-18(26-27-20)11-23-19(28)10-14-12-30-21(24-14)16-4-2-3-5-17(16)22/h2-9,12H,10-11H2,1H3,(H,23,28)(H,25,26,27). The van der Waals surface area contributed by atoms with Gasteiger partial charge in [0.15, 0.2) is 5.82 Å². The van der Waals surface area contributed by atoms with Crippen molar-refractivity contribution in [3.05, 3.63) is 70.5 Å². The normalized spacial score (nSPS) is 10.7. The lowest BCUT2D eigenvalue weighted by Crippen LogP contribution is -2.25. The molecule has 4 rings (SSSR count). The molecule has 2 N–H and O–H groups in total. The molecule has 2 heterocycles. The SMILES string of the molecule is COc1ccc(-c2n[nH]c(CNC(=O)Cc3csc(-c4ccccc4Cl)n3)n2)cc1. The number of aromatic amines is 1. The van der Waals surface area contributed by atoms with Gasteiger partial charge in [-0.05, 0) is 30.3 Å². The van der Waals surface area contributed by atoms with Crippen LogP contribution >= 0.6 is 22.9 Å². The number of ether oxygens (including phenoxy) is 1. The lowest BCUT2D eigenvalue weighted by Gasteiger charge is -2.01. The smallest absolute Gasteiger partial charge is 0.226 e. The summed E-state index contributed by atoms with van der Waals surface area (Å²) in [6.45, 7) is 0.253. The van der Waals surface area contributed by atoms with E-state index < -0.39 is 0 Å². The molecule has 0 saturated heterocycles. The van der Waals surface area contributed by atoms with E-state index in [9.17, 15) is 4.79 Å². The highest BCUT2D eigenvalue weighted by atomic mass is 35.5. The number of nitrogens with zero attached hydrogens (tertiary/aromatic N) is 3. The molecular weight excluding hydrogens is 422 g/mol. The summed E-state index contributed by atoms with van der Waals surface area (Å²) in [5, 5.41) is 13.2. The molecule has 0 atom stereocenters. The van der Waals surface area contributed by atoms with E-state index in [-0.39, 0.29) is 18.9 Å². The molecule has 0 spiro atoms. The molecule has 152 valence electrons. The van der Waals surface area contributed by atoms with Crippen molar-refractivity contribution < 1.29 is 9.53 Å². The number of hydrogen-bond donors (Lipinski definition) is 2. The third-order valence-corrected chi connectivity index (χ3v) is 5.58. The molecule has 1 amide bonds. The molecule has 0 aliphatic rings. The lowest BCUT2D eigenvalue weighted by atomic mass is 10.2. The third kappa shape index (κ3) is 4.67. The minimum atomic E-state index is -0.145. The third-order valence-electron chi connectivity index (χ3n) is 4.33. The second-order valence-electron chi connectivity index (χ2n) is 6.41. The maximum atomic E-state index is 12.3. The quantitative estimate of drug-likeness (QED) is 0.452. The highest BCUT2D eigenvalue weighted by molar-refractivity contribution is 7.13. The van der Waals surface area contributed by atoms with Gasteiger partial charge in [-0.2, -0.15) is 5.10 Å². The summed E-state index contributed by atoms with van der Waals surface area (Å²) >= 11 is 7.68. The summed E-state index contributed by atoms with van der Waals surface area (Å²) in [4.78, 5) is 21.2. The van der Waals surface area contributed by atoms with Gasteiger partial charge in [-0.25, -0.2) is 9.97 Å². The van der Waals surface area contributed by atoms with Gasteiger partial charge in [0.1, 0.15) is 16.6 Å². The van der Waals surface area contributed by atoms with Crippen molar-refractivity contribution in [2.75, 3.05) is 7.11 Å². The fourth-order valence-electron chi connectivity index (χ4n) is 2.80. The maximum Gasteiger partial charge on any atom is 0.226 e. The van der Waals surface area contributed by atoms with Crippen LogP contribution in [0.1, 0.15) is 11.5 Å². The van der Waals surface area contributed by atoms with Crippen molar-refractivity contribution in [3.63, 3.8) is 0 Å². The predicted octanol–water partition coefficient (Wildman–Crippen LogP) is 4.12. The van der Waals surface area contributed by atoms with Crippen LogP contribution in [-0.4, -0.2) is 33.2 Å². The number of amides is 1. The van der Waals surface area contributed by atoms with E-state index in [0.717, 1.165) is 21.9 Å². The minimum Gasteiger partial charge on any atom is -0.497 e. The molecule has 0 bridgehead atoms. The summed E-state index contributed by atoms with van der Waals surface area (Å²) in [6.07, 6.45) is 0.181. The zero-order valence-corrected chi connectivity index (χ0v) is 17.6. The van der Waals surface area contributed by atoms with Crippen LogP contribution in [0.5, 0.6) is 5.75 Å². The second kappa shape index (κ2) is 9.06. The van der Waals surface area contributed by atoms with Crippen molar-refractivity contribution in [2.24, 2.45) is 0 Å². The van der Waals surface area contributed by atoms with Gasteiger partial charge in [0.05, 0.1) is 30.8 Å². The van der Waals surface area contributed by atoms with E-state index in [1.165, 1.54) is 11.3 Å². The molecule has 0 fully saturated rings. The number of methoxy groups -OCH3 is 1. The first-order valence-electron chi connectivity index (χ1n) is 9.14. The molecule has 7 nitrogen and oxygen atoms in total. The maximum absolute atomic E-state index is 12.3. The molecule has 2 aromatic carbocycles. The van der Waals surface area contributed by atoms with Crippen LogP contribution < -0.4 is 10.1 Å². The Hall–Kier alpha value is -3.23. The molecule has 9 heteroatoms. The Bertz CT molecular complexity index is 1160. The first-order chi connectivity index (χ1) is 14.6. The zero-order valence-electron chi connectivity index (χ0n) is 16.1. The largest absolute Gasteiger partial charge is 0.497 e. The van der Waals surface area contributed by atoms with Crippen LogP contribution in [0, 0.1) is 0 Å². The van der Waals surface area contributed by atoms with Crippen molar-refractivity contribution in [1.29, 1.82) is 0 Å². The zero-order chi connectivity index (χ0) is 20.9. The Morgan fingerprint density at radius 2 is 1.97 bits per heavy atom. The second-order valence-corrected chi connectivity index (χ2v) is 7.68. The topological polar surface area (TPSA) is 92.8 Å². The number of hydrogen-bond acceptors (Lipinski definition) is 6. The minimum absolute atomic E-state index is 0.145. The fraction of sp³-hybridized carbons (Fsp3) is 0.143. The predicted molar refractivity (Wildman–Crippen MR) is 116 cm³/mol. The molecule has 0 aliphatic heterocycles. The molecule has 0 radical (unpaired) electrons. The lowest BCUT2D eigenvalue weighted by molar-refractivity contribution is -0.120. The van der Waals surface area contributed by atoms with Crippen LogP contribution in [0.4, 0.5) is 0 Å². The number of benzene rings is 2. The van der Waals surface area contributed by atoms with Gasteiger partial charge in [0, 0.05) is 16.5 Å². The van der Waals surface area contributed by atoms with Crippen LogP contribution in [-0.2, 0) is 17.8 Å². The van der Waals surface area contributed by atoms with Gasteiger partial charge in [-0.1, -0.05) is 29.8 Å². The Morgan fingerprint density at radius 1 is 1.17 bits per heavy atom. The Kier molecular flexibility index (Phi) is 6.06. The van der Waals surface area contributed by atoms with Crippen LogP contribution in [0.25, 0.3) is 22.0 Å². The molecule has 2 aromatic heterocycles. The van der Waals surface area contributed by atoms with E-state index >= 15 is 0 Å². The van der Waals surface area contributed by atoms with Crippen LogP contribution in [0.3, 0.4) is 0 Å². The number of rotatable bonds is 7. The average Bonchev–Trinajstić information content (AvgIpc) is 3.42. The van der Waals surface area contributed by atoms with Gasteiger partial charge in [-0.15, -0.1) is 11.3 Å². The summed E-state index contributed by atoms with van der Waals surface area (Å²) in [7, 11) is 1.62. The number of thiazole rings is 1. The first-order valence-corrected chi connectivity index (χ1v) is 10.4. The molecule has 0 saturated carbocycles. The highest BCUT2D eigenvalue weighted by Crippen LogP contribution is 2.30. The van der Waals surface area contributed by atoms with Gasteiger partial charge in [0.2, 0.25) is 5.91 Å². The van der Waals surface area contributed by atoms with E-state index in [1.54, 1.807) is 7.11 Å². The van der Waals surface area contributed by atoms with Crippen molar-refractivity contribution in [1.82, 2.24) is 25.5 Å². The molecule has 4 aromatic rings. The molecule has 0 unspecified atom stereocenters. The van der Waals surface area contributed by atoms with E-state index in [4.69, 9.17) is 16.3 Å². The Labute approximate surface area is 182 Å². The number of carbonyl (C=O) groups excluding carboxylic acids is 1. The Morgan fingerprint density at radius 3 is 2.73 bits per heavy atom. The number of carbonyl (C=O) groups is 1. The highest BCUT2D eigenvalue weighted by Gasteiger charge is 2.12. The van der Waals surface area contributed by atoms with E-state index in [2.05, 4.69) is 25.5 Å². The molecule has 30 heavy (non-hydrogen) atoms. The monoisotopic (exact) mass is 439 g/mol. The van der Waals surface area contributed by atoms with Gasteiger partial charge < -0.3 is 10.1 Å². The summed E-state index contributed by atoms with van der Waals surface area (Å²) < 4.78 is 5.15. The van der Waals surface area contributed by atoms with Gasteiger partial charge in [-0.3, -0.25) is 9.89 Å². The van der Waals surface area contributed by atoms with Crippen molar-refractivity contribution in [3.8, 4) is 27.7 Å². The molecule has 0 aliphatic carbocycles. The summed E-state index contributed by atoms with van der Waals surface area (Å²) in [5.74, 6) is 1.75. The van der Waals surface area contributed by atoms with E-state index in [1.807, 2.05) is 53.9 Å². The summed E-state index contributed by atoms with van der Waals surface area (Å²) in [5.41, 5.74) is 2.42. The Balaban J connectivity index is 1.33. The van der Waals surface area contributed by atoms with Gasteiger partial charge >= 0.3 is 0 Å².